The Morgan fingerprint density at radius 1 is 1.00 bits per heavy atom. The molecule has 0 radical (unpaired) electrons. The molecule has 3 aromatic rings. The van der Waals surface area contributed by atoms with Crippen LogP contribution in [0.2, 0.25) is 0 Å². The van der Waals surface area contributed by atoms with Crippen molar-refractivity contribution in [2.75, 3.05) is 11.1 Å². The van der Waals surface area contributed by atoms with E-state index in [1.165, 1.54) is 11.1 Å². The molecule has 0 aliphatic carbocycles. The van der Waals surface area contributed by atoms with E-state index < -0.39 is 0 Å². The predicted molar refractivity (Wildman–Crippen MR) is 87.8 cm³/mol. The lowest BCUT2D eigenvalue weighted by molar-refractivity contribution is 1.13. The lowest BCUT2D eigenvalue weighted by Crippen LogP contribution is -2.05. The van der Waals surface area contributed by atoms with Crippen LogP contribution in [0.1, 0.15) is 18.1 Å². The number of fused-ring (bicyclic) bond motifs is 1. The lowest BCUT2D eigenvalue weighted by atomic mass is 10.1. The van der Waals surface area contributed by atoms with Gasteiger partial charge in [0.15, 0.2) is 11.6 Å². The van der Waals surface area contributed by atoms with Gasteiger partial charge in [-0.3, -0.25) is 0 Å². The minimum Gasteiger partial charge on any atom is -0.381 e. The Balaban J connectivity index is 2.08. The zero-order valence-corrected chi connectivity index (χ0v) is 12.2. The maximum absolute atomic E-state index is 6.04. The molecule has 0 aliphatic rings. The van der Waals surface area contributed by atoms with Crippen molar-refractivity contribution in [3.8, 4) is 0 Å². The Morgan fingerprint density at radius 3 is 2.43 bits per heavy atom. The number of para-hydroxylation sites is 3. The predicted octanol–water partition coefficient (Wildman–Crippen LogP) is 3.83. The summed E-state index contributed by atoms with van der Waals surface area (Å²) in [6, 6.07) is 14.0. The molecule has 0 atom stereocenters. The molecule has 0 bridgehead atoms. The number of rotatable bonds is 3. The Labute approximate surface area is 124 Å². The number of nitrogens with one attached hydrogen (secondary N) is 1. The van der Waals surface area contributed by atoms with Crippen molar-refractivity contribution in [2.45, 2.75) is 20.3 Å². The van der Waals surface area contributed by atoms with E-state index in [1.54, 1.807) is 0 Å². The van der Waals surface area contributed by atoms with E-state index in [0.717, 1.165) is 23.1 Å². The van der Waals surface area contributed by atoms with E-state index in [2.05, 4.69) is 47.3 Å². The molecule has 4 nitrogen and oxygen atoms in total. The highest BCUT2D eigenvalue weighted by Crippen LogP contribution is 2.27. The molecule has 106 valence electrons. The summed E-state index contributed by atoms with van der Waals surface area (Å²) in [5.41, 5.74) is 11.2. The maximum atomic E-state index is 6.04. The van der Waals surface area contributed by atoms with E-state index in [-0.39, 0.29) is 0 Å². The summed E-state index contributed by atoms with van der Waals surface area (Å²) in [5, 5.41) is 3.35. The van der Waals surface area contributed by atoms with Crippen LogP contribution in [0, 0.1) is 6.92 Å². The van der Waals surface area contributed by atoms with Gasteiger partial charge in [-0.1, -0.05) is 37.3 Å². The van der Waals surface area contributed by atoms with Gasteiger partial charge in [0.25, 0.3) is 0 Å². The standard InChI is InChI=1S/C17H18N4/c1-3-12-8-6-7-11(2)15(12)21-17-16(18)19-13-9-4-5-10-14(13)20-17/h4-10H,3H2,1-2H3,(H2,18,19)(H,20,21). The molecule has 0 unspecified atom stereocenters. The number of hydrogen-bond acceptors (Lipinski definition) is 4. The first-order valence-corrected chi connectivity index (χ1v) is 7.07. The molecule has 0 spiro atoms. The first kappa shape index (κ1) is 13.4. The molecule has 4 heteroatoms. The van der Waals surface area contributed by atoms with Gasteiger partial charge in [0.1, 0.15) is 0 Å². The monoisotopic (exact) mass is 278 g/mol. The third kappa shape index (κ3) is 2.52. The van der Waals surface area contributed by atoms with Crippen molar-refractivity contribution < 1.29 is 0 Å². The van der Waals surface area contributed by atoms with Crippen LogP contribution in [0.4, 0.5) is 17.3 Å². The highest BCUT2D eigenvalue weighted by molar-refractivity contribution is 5.81. The Morgan fingerprint density at radius 2 is 1.71 bits per heavy atom. The first-order valence-electron chi connectivity index (χ1n) is 7.07. The summed E-state index contributed by atoms with van der Waals surface area (Å²) in [4.78, 5) is 9.00. The van der Waals surface area contributed by atoms with Gasteiger partial charge in [0.2, 0.25) is 0 Å². The summed E-state index contributed by atoms with van der Waals surface area (Å²) in [7, 11) is 0. The number of nitrogens with two attached hydrogens (primary N) is 1. The van der Waals surface area contributed by atoms with Gasteiger partial charge in [-0.15, -0.1) is 0 Å². The number of benzene rings is 2. The fourth-order valence-electron chi connectivity index (χ4n) is 2.43. The zero-order valence-electron chi connectivity index (χ0n) is 12.2. The van der Waals surface area contributed by atoms with E-state index >= 15 is 0 Å². The number of nitrogen functional groups attached to an aromatic ring is 1. The molecule has 2 aromatic carbocycles. The second-order valence-corrected chi connectivity index (χ2v) is 5.03. The molecule has 0 aliphatic heterocycles. The minimum absolute atomic E-state index is 0.416. The molecule has 0 fully saturated rings. The number of hydrogen-bond donors (Lipinski definition) is 2. The van der Waals surface area contributed by atoms with Gasteiger partial charge in [-0.25, -0.2) is 9.97 Å². The molecule has 0 saturated heterocycles. The van der Waals surface area contributed by atoms with Crippen molar-refractivity contribution in [3.05, 3.63) is 53.6 Å². The van der Waals surface area contributed by atoms with Crippen LogP contribution in [0.15, 0.2) is 42.5 Å². The van der Waals surface area contributed by atoms with Crippen LogP contribution < -0.4 is 11.1 Å². The molecule has 0 amide bonds. The molecule has 3 rings (SSSR count). The number of aryl methyl sites for hydroxylation is 2. The van der Waals surface area contributed by atoms with Gasteiger partial charge in [-0.05, 0) is 36.6 Å². The van der Waals surface area contributed by atoms with Gasteiger partial charge < -0.3 is 11.1 Å². The van der Waals surface area contributed by atoms with E-state index in [9.17, 15) is 0 Å². The quantitative estimate of drug-likeness (QED) is 0.764. The normalized spacial score (nSPS) is 10.8. The topological polar surface area (TPSA) is 63.8 Å². The number of aromatic nitrogens is 2. The van der Waals surface area contributed by atoms with E-state index in [0.29, 0.717) is 11.6 Å². The second-order valence-electron chi connectivity index (χ2n) is 5.03. The SMILES string of the molecule is CCc1cccc(C)c1Nc1nc2ccccc2nc1N. The smallest absolute Gasteiger partial charge is 0.174 e. The average Bonchev–Trinajstić information content (AvgIpc) is 2.49. The molecule has 21 heavy (non-hydrogen) atoms. The van der Waals surface area contributed by atoms with Gasteiger partial charge in [-0.2, -0.15) is 0 Å². The summed E-state index contributed by atoms with van der Waals surface area (Å²) in [5.74, 6) is 1.02. The third-order valence-electron chi connectivity index (χ3n) is 3.58. The Kier molecular flexibility index (Phi) is 3.44. The second kappa shape index (κ2) is 5.40. The molecular formula is C17H18N4. The average molecular weight is 278 g/mol. The van der Waals surface area contributed by atoms with Crippen LogP contribution in [0.3, 0.4) is 0 Å². The zero-order chi connectivity index (χ0) is 14.8. The molecule has 1 aromatic heterocycles. The van der Waals surface area contributed by atoms with Crippen LogP contribution in [-0.2, 0) is 6.42 Å². The Hall–Kier alpha value is -2.62. The van der Waals surface area contributed by atoms with Crippen molar-refractivity contribution in [2.24, 2.45) is 0 Å². The molecule has 3 N–H and O–H groups in total. The lowest BCUT2D eigenvalue weighted by Gasteiger charge is -2.14. The first-order chi connectivity index (χ1) is 10.2. The highest BCUT2D eigenvalue weighted by Gasteiger charge is 2.10. The summed E-state index contributed by atoms with van der Waals surface area (Å²) >= 11 is 0. The van der Waals surface area contributed by atoms with Crippen LogP contribution >= 0.6 is 0 Å². The van der Waals surface area contributed by atoms with E-state index in [1.807, 2.05) is 24.3 Å². The van der Waals surface area contributed by atoms with Gasteiger partial charge >= 0.3 is 0 Å². The van der Waals surface area contributed by atoms with Crippen molar-refractivity contribution in [1.29, 1.82) is 0 Å². The van der Waals surface area contributed by atoms with Crippen molar-refractivity contribution >= 4 is 28.4 Å². The van der Waals surface area contributed by atoms with Crippen LogP contribution in [0.25, 0.3) is 11.0 Å². The van der Waals surface area contributed by atoms with Crippen LogP contribution in [0.5, 0.6) is 0 Å². The minimum atomic E-state index is 0.416. The largest absolute Gasteiger partial charge is 0.381 e. The highest BCUT2D eigenvalue weighted by atomic mass is 15.1. The molecule has 0 saturated carbocycles. The van der Waals surface area contributed by atoms with E-state index in [4.69, 9.17) is 5.73 Å². The van der Waals surface area contributed by atoms with Crippen molar-refractivity contribution in [1.82, 2.24) is 9.97 Å². The van der Waals surface area contributed by atoms with Gasteiger partial charge in [0.05, 0.1) is 11.0 Å². The summed E-state index contributed by atoms with van der Waals surface area (Å²) < 4.78 is 0. The molecular weight excluding hydrogens is 260 g/mol. The number of anilines is 3. The fraction of sp³-hybridized carbons (Fsp3) is 0.176. The van der Waals surface area contributed by atoms with Crippen molar-refractivity contribution in [3.63, 3.8) is 0 Å². The maximum Gasteiger partial charge on any atom is 0.174 e. The van der Waals surface area contributed by atoms with Crippen LogP contribution in [-0.4, -0.2) is 9.97 Å². The summed E-state index contributed by atoms with van der Waals surface area (Å²) in [6.45, 7) is 4.21. The van der Waals surface area contributed by atoms with Gasteiger partial charge in [0, 0.05) is 5.69 Å². The molecule has 1 heterocycles. The Bertz CT molecular complexity index is 796. The third-order valence-corrected chi connectivity index (χ3v) is 3.58. The summed E-state index contributed by atoms with van der Waals surface area (Å²) in [6.07, 6.45) is 0.949. The fourth-order valence-corrected chi connectivity index (χ4v) is 2.43. The number of nitrogens with zero attached hydrogens (tertiary/aromatic N) is 2.